The number of carbonyl (C=O) groups excluding carboxylic acids is 1. The summed E-state index contributed by atoms with van der Waals surface area (Å²) in [6.45, 7) is 1.39. The summed E-state index contributed by atoms with van der Waals surface area (Å²) >= 11 is 12.8. The molecule has 150 valence electrons. The summed E-state index contributed by atoms with van der Waals surface area (Å²) in [7, 11) is 0. The minimum Gasteiger partial charge on any atom is -0.508 e. The standard InChI is InChI=1S/C23H19Cl2FO3/c1-14(27)13-29-19-11-21(24)20(22(25)12-19)10-16-4-7-23(28)17(9-16)8-15-2-5-18(26)6-3-15/h2-7,9,11-12,28H,8,10,13H2,1H3. The van der Waals surface area contributed by atoms with Crippen molar-refractivity contribution in [2.45, 2.75) is 19.8 Å². The fourth-order valence-corrected chi connectivity index (χ4v) is 3.53. The van der Waals surface area contributed by atoms with Gasteiger partial charge >= 0.3 is 0 Å². The van der Waals surface area contributed by atoms with Crippen molar-refractivity contribution < 1.29 is 19.0 Å². The molecule has 3 nitrogen and oxygen atoms in total. The lowest BCUT2D eigenvalue weighted by atomic mass is 9.98. The maximum Gasteiger partial charge on any atom is 0.167 e. The molecule has 0 atom stereocenters. The van der Waals surface area contributed by atoms with Crippen molar-refractivity contribution in [3.8, 4) is 11.5 Å². The molecular weight excluding hydrogens is 414 g/mol. The van der Waals surface area contributed by atoms with Gasteiger partial charge in [0.2, 0.25) is 0 Å². The Balaban J connectivity index is 1.81. The highest BCUT2D eigenvalue weighted by atomic mass is 35.5. The number of benzene rings is 3. The van der Waals surface area contributed by atoms with E-state index in [1.54, 1.807) is 36.4 Å². The molecule has 0 heterocycles. The summed E-state index contributed by atoms with van der Waals surface area (Å²) in [4.78, 5) is 11.1. The summed E-state index contributed by atoms with van der Waals surface area (Å²) in [6.07, 6.45) is 0.931. The molecule has 0 saturated carbocycles. The molecule has 6 heteroatoms. The van der Waals surface area contributed by atoms with Crippen LogP contribution < -0.4 is 4.74 Å². The Morgan fingerprint density at radius 1 is 0.966 bits per heavy atom. The van der Waals surface area contributed by atoms with Crippen LogP contribution in [0.2, 0.25) is 10.0 Å². The largest absolute Gasteiger partial charge is 0.508 e. The van der Waals surface area contributed by atoms with Gasteiger partial charge in [-0.15, -0.1) is 0 Å². The second-order valence-corrected chi connectivity index (χ2v) is 7.61. The molecule has 0 aliphatic rings. The van der Waals surface area contributed by atoms with Crippen LogP contribution in [0.5, 0.6) is 11.5 Å². The van der Waals surface area contributed by atoms with Gasteiger partial charge in [-0.05, 0) is 59.5 Å². The van der Waals surface area contributed by atoms with Crippen LogP contribution in [0.25, 0.3) is 0 Å². The van der Waals surface area contributed by atoms with E-state index in [-0.39, 0.29) is 24.0 Å². The lowest BCUT2D eigenvalue weighted by molar-refractivity contribution is -0.118. The normalized spacial score (nSPS) is 10.8. The number of halogens is 3. The molecule has 0 unspecified atom stereocenters. The van der Waals surface area contributed by atoms with Crippen molar-refractivity contribution in [1.29, 1.82) is 0 Å². The van der Waals surface area contributed by atoms with Gasteiger partial charge in [0, 0.05) is 22.9 Å². The number of ketones is 1. The molecule has 3 rings (SSSR count). The molecule has 0 aromatic heterocycles. The third kappa shape index (κ3) is 5.72. The zero-order valence-electron chi connectivity index (χ0n) is 15.7. The van der Waals surface area contributed by atoms with Crippen molar-refractivity contribution in [3.63, 3.8) is 0 Å². The van der Waals surface area contributed by atoms with E-state index < -0.39 is 0 Å². The topological polar surface area (TPSA) is 46.5 Å². The molecule has 0 aliphatic heterocycles. The third-order valence-electron chi connectivity index (χ3n) is 4.39. The number of Topliss-reactive ketones (excluding diaryl/α,β-unsaturated/α-hetero) is 1. The van der Waals surface area contributed by atoms with Crippen molar-refractivity contribution in [2.75, 3.05) is 6.61 Å². The molecular formula is C23H19Cl2FO3. The summed E-state index contributed by atoms with van der Waals surface area (Å²) < 4.78 is 18.5. The second-order valence-electron chi connectivity index (χ2n) is 6.80. The van der Waals surface area contributed by atoms with Gasteiger partial charge in [0.15, 0.2) is 5.78 Å². The minimum atomic E-state index is -0.299. The monoisotopic (exact) mass is 432 g/mol. The predicted molar refractivity (Wildman–Crippen MR) is 113 cm³/mol. The first-order chi connectivity index (χ1) is 13.8. The quantitative estimate of drug-likeness (QED) is 0.498. The van der Waals surface area contributed by atoms with Gasteiger partial charge in [-0.3, -0.25) is 4.79 Å². The maximum absolute atomic E-state index is 13.1. The smallest absolute Gasteiger partial charge is 0.167 e. The Morgan fingerprint density at radius 2 is 1.59 bits per heavy atom. The number of hydrogen-bond donors (Lipinski definition) is 1. The number of aromatic hydroxyl groups is 1. The molecule has 0 aliphatic carbocycles. The molecule has 29 heavy (non-hydrogen) atoms. The zero-order chi connectivity index (χ0) is 21.0. The van der Waals surface area contributed by atoms with Crippen LogP contribution in [0.3, 0.4) is 0 Å². The number of hydrogen-bond acceptors (Lipinski definition) is 3. The van der Waals surface area contributed by atoms with Crippen LogP contribution in [0.4, 0.5) is 4.39 Å². The number of phenolic OH excluding ortho intramolecular Hbond substituents is 1. The maximum atomic E-state index is 13.1. The highest BCUT2D eigenvalue weighted by molar-refractivity contribution is 6.36. The Bertz CT molecular complexity index is 1010. The molecule has 0 spiro atoms. The Labute approximate surface area is 178 Å². The van der Waals surface area contributed by atoms with Crippen LogP contribution >= 0.6 is 23.2 Å². The van der Waals surface area contributed by atoms with Crippen molar-refractivity contribution in [3.05, 3.63) is 92.7 Å². The Kier molecular flexibility index (Phi) is 6.78. The molecule has 0 fully saturated rings. The van der Waals surface area contributed by atoms with E-state index in [0.29, 0.717) is 28.6 Å². The highest BCUT2D eigenvalue weighted by Crippen LogP contribution is 2.33. The molecule has 0 amide bonds. The predicted octanol–water partition coefficient (Wildman–Crippen LogP) is 5.99. The van der Waals surface area contributed by atoms with Crippen LogP contribution in [0.15, 0.2) is 54.6 Å². The van der Waals surface area contributed by atoms with Gasteiger partial charge in [0.05, 0.1) is 0 Å². The van der Waals surface area contributed by atoms with E-state index >= 15 is 0 Å². The molecule has 0 bridgehead atoms. The first-order valence-corrected chi connectivity index (χ1v) is 9.73. The van der Waals surface area contributed by atoms with Crippen LogP contribution in [0.1, 0.15) is 29.2 Å². The molecule has 1 N–H and O–H groups in total. The Morgan fingerprint density at radius 3 is 2.21 bits per heavy atom. The average molecular weight is 433 g/mol. The van der Waals surface area contributed by atoms with Crippen molar-refractivity contribution >= 4 is 29.0 Å². The molecule has 3 aromatic rings. The van der Waals surface area contributed by atoms with Gasteiger partial charge in [-0.1, -0.05) is 47.5 Å². The van der Waals surface area contributed by atoms with Gasteiger partial charge in [-0.25, -0.2) is 4.39 Å². The third-order valence-corrected chi connectivity index (χ3v) is 5.06. The van der Waals surface area contributed by atoms with Crippen LogP contribution in [0, 0.1) is 5.82 Å². The number of rotatable bonds is 7. The minimum absolute atomic E-state index is 0.0449. The van der Waals surface area contributed by atoms with E-state index in [1.165, 1.54) is 19.1 Å². The van der Waals surface area contributed by atoms with E-state index in [0.717, 1.165) is 22.3 Å². The van der Waals surface area contributed by atoms with E-state index in [9.17, 15) is 14.3 Å². The van der Waals surface area contributed by atoms with Crippen LogP contribution in [-0.4, -0.2) is 17.5 Å². The lowest BCUT2D eigenvalue weighted by Crippen LogP contribution is -2.06. The fourth-order valence-electron chi connectivity index (χ4n) is 2.93. The van der Waals surface area contributed by atoms with Crippen molar-refractivity contribution in [1.82, 2.24) is 0 Å². The number of carbonyl (C=O) groups is 1. The average Bonchev–Trinajstić information content (AvgIpc) is 2.67. The van der Waals surface area contributed by atoms with E-state index in [1.807, 2.05) is 6.07 Å². The lowest BCUT2D eigenvalue weighted by Gasteiger charge is -2.12. The zero-order valence-corrected chi connectivity index (χ0v) is 17.2. The van der Waals surface area contributed by atoms with E-state index in [2.05, 4.69) is 0 Å². The van der Waals surface area contributed by atoms with Gasteiger partial charge in [0.1, 0.15) is 23.9 Å². The summed E-state index contributed by atoms with van der Waals surface area (Å²) in [5.41, 5.74) is 3.26. The van der Waals surface area contributed by atoms with Gasteiger partial charge in [0.25, 0.3) is 0 Å². The number of ether oxygens (including phenoxy) is 1. The van der Waals surface area contributed by atoms with Crippen LogP contribution in [-0.2, 0) is 17.6 Å². The van der Waals surface area contributed by atoms with Gasteiger partial charge < -0.3 is 9.84 Å². The fraction of sp³-hybridized carbons (Fsp3) is 0.174. The first-order valence-electron chi connectivity index (χ1n) is 8.97. The molecule has 0 saturated heterocycles. The molecule has 3 aromatic carbocycles. The highest BCUT2D eigenvalue weighted by Gasteiger charge is 2.12. The SMILES string of the molecule is CC(=O)COc1cc(Cl)c(Cc2ccc(O)c(Cc3ccc(F)cc3)c2)c(Cl)c1. The Hall–Kier alpha value is -2.56. The van der Waals surface area contributed by atoms with Gasteiger partial charge in [-0.2, -0.15) is 0 Å². The summed E-state index contributed by atoms with van der Waals surface area (Å²) in [6, 6.07) is 14.7. The summed E-state index contributed by atoms with van der Waals surface area (Å²) in [5, 5.41) is 11.1. The first kappa shape index (κ1) is 21.2. The van der Waals surface area contributed by atoms with E-state index in [4.69, 9.17) is 27.9 Å². The number of phenols is 1. The van der Waals surface area contributed by atoms with Crippen molar-refractivity contribution in [2.24, 2.45) is 0 Å². The molecule has 0 radical (unpaired) electrons. The second kappa shape index (κ2) is 9.29. The summed E-state index contributed by atoms with van der Waals surface area (Å²) in [5.74, 6) is 0.204.